The van der Waals surface area contributed by atoms with E-state index >= 15 is 0 Å². The number of hydrogen-bond acceptors (Lipinski definition) is 6. The third kappa shape index (κ3) is 3.35. The van der Waals surface area contributed by atoms with Crippen molar-refractivity contribution in [2.45, 2.75) is 18.1 Å². The molecule has 126 valence electrons. The lowest BCUT2D eigenvalue weighted by molar-refractivity contribution is -0.122. The smallest absolute Gasteiger partial charge is 0.335 e. The third-order valence-corrected chi connectivity index (χ3v) is 6.24. The number of amides is 1. The SMILES string of the molecule is CC1=C(CO)SC2N=C(SCc3ccc(C(=O)O)cc3)NC(=O)C12. The number of nitrogens with zero attached hydrogens (tertiary/aromatic N) is 1. The van der Waals surface area contributed by atoms with Crippen molar-refractivity contribution in [2.24, 2.45) is 10.9 Å². The number of aromatic carboxylic acids is 1. The van der Waals surface area contributed by atoms with Gasteiger partial charge >= 0.3 is 5.97 Å². The largest absolute Gasteiger partial charge is 0.478 e. The van der Waals surface area contributed by atoms with Crippen molar-refractivity contribution in [3.63, 3.8) is 0 Å². The molecule has 3 N–H and O–H groups in total. The molecule has 8 heteroatoms. The summed E-state index contributed by atoms with van der Waals surface area (Å²) in [7, 11) is 0. The molecule has 24 heavy (non-hydrogen) atoms. The first kappa shape index (κ1) is 17.1. The lowest BCUT2D eigenvalue weighted by atomic mass is 9.99. The number of hydrogen-bond donors (Lipinski definition) is 3. The van der Waals surface area contributed by atoms with Gasteiger partial charge < -0.3 is 15.5 Å². The minimum atomic E-state index is -0.954. The second kappa shape index (κ2) is 7.00. The number of carboxylic acids is 1. The molecule has 0 aromatic heterocycles. The summed E-state index contributed by atoms with van der Waals surface area (Å²) in [5, 5.41) is 21.4. The van der Waals surface area contributed by atoms with E-state index in [0.29, 0.717) is 10.9 Å². The van der Waals surface area contributed by atoms with Gasteiger partial charge in [0.25, 0.3) is 0 Å². The van der Waals surface area contributed by atoms with Crippen LogP contribution in [0, 0.1) is 5.92 Å². The molecule has 0 spiro atoms. The highest BCUT2D eigenvalue weighted by Crippen LogP contribution is 2.44. The molecular weight excluding hydrogens is 348 g/mol. The molecule has 0 bridgehead atoms. The Kier molecular flexibility index (Phi) is 4.98. The lowest BCUT2D eigenvalue weighted by Crippen LogP contribution is -2.42. The predicted octanol–water partition coefficient (Wildman–Crippen LogP) is 2.06. The molecule has 0 radical (unpaired) electrons. The first-order chi connectivity index (χ1) is 11.5. The molecule has 1 amide bonds. The molecule has 3 rings (SSSR count). The van der Waals surface area contributed by atoms with Crippen molar-refractivity contribution in [3.05, 3.63) is 45.9 Å². The summed E-state index contributed by atoms with van der Waals surface area (Å²) in [6, 6.07) is 6.63. The number of aliphatic imine (C=N–C) groups is 1. The van der Waals surface area contributed by atoms with Crippen LogP contribution in [0.15, 0.2) is 39.7 Å². The normalized spacial score (nSPS) is 22.9. The van der Waals surface area contributed by atoms with Gasteiger partial charge in [0.2, 0.25) is 5.91 Å². The van der Waals surface area contributed by atoms with Gasteiger partial charge in [-0.2, -0.15) is 0 Å². The number of carbonyl (C=O) groups excluding carboxylic acids is 1. The maximum Gasteiger partial charge on any atom is 0.335 e. The molecule has 0 fully saturated rings. The topological polar surface area (TPSA) is 99.0 Å². The second-order valence-electron chi connectivity index (χ2n) is 5.46. The van der Waals surface area contributed by atoms with Crippen molar-refractivity contribution < 1.29 is 19.8 Å². The van der Waals surface area contributed by atoms with Crippen LogP contribution in [0.1, 0.15) is 22.8 Å². The molecule has 2 atom stereocenters. The molecule has 1 aromatic carbocycles. The van der Waals surface area contributed by atoms with Crippen LogP contribution in [-0.4, -0.2) is 39.2 Å². The van der Waals surface area contributed by atoms with E-state index in [1.165, 1.54) is 23.5 Å². The Morgan fingerprint density at radius 2 is 2.08 bits per heavy atom. The van der Waals surface area contributed by atoms with Gasteiger partial charge in [-0.25, -0.2) is 9.79 Å². The number of aliphatic hydroxyl groups is 1. The van der Waals surface area contributed by atoms with Crippen molar-refractivity contribution in [2.75, 3.05) is 6.61 Å². The second-order valence-corrected chi connectivity index (χ2v) is 7.64. The van der Waals surface area contributed by atoms with Crippen LogP contribution >= 0.6 is 23.5 Å². The molecular formula is C16H16N2O4S2. The summed E-state index contributed by atoms with van der Waals surface area (Å²) in [5.74, 6) is -0.770. The number of thioether (sulfide) groups is 2. The number of carbonyl (C=O) groups is 2. The van der Waals surface area contributed by atoms with Crippen LogP contribution in [0.5, 0.6) is 0 Å². The summed E-state index contributed by atoms with van der Waals surface area (Å²) in [6.45, 7) is 1.80. The van der Waals surface area contributed by atoms with Crippen LogP contribution < -0.4 is 5.32 Å². The fraction of sp³-hybridized carbons (Fsp3) is 0.312. The van der Waals surface area contributed by atoms with E-state index in [1.54, 1.807) is 24.3 Å². The number of aliphatic hydroxyl groups excluding tert-OH is 1. The fourth-order valence-electron chi connectivity index (χ4n) is 2.58. The highest BCUT2D eigenvalue weighted by atomic mass is 32.2. The van der Waals surface area contributed by atoms with E-state index in [9.17, 15) is 14.7 Å². The Morgan fingerprint density at radius 1 is 1.38 bits per heavy atom. The van der Waals surface area contributed by atoms with Gasteiger partial charge in [0, 0.05) is 10.7 Å². The summed E-state index contributed by atoms with van der Waals surface area (Å²) < 4.78 is 0. The number of benzene rings is 1. The van der Waals surface area contributed by atoms with Gasteiger partial charge in [-0.05, 0) is 30.2 Å². The van der Waals surface area contributed by atoms with Crippen molar-refractivity contribution in [1.29, 1.82) is 0 Å². The van der Waals surface area contributed by atoms with E-state index < -0.39 is 5.97 Å². The van der Waals surface area contributed by atoms with Crippen molar-refractivity contribution >= 4 is 40.6 Å². The molecule has 6 nitrogen and oxygen atoms in total. The third-order valence-electron chi connectivity index (χ3n) is 3.93. The van der Waals surface area contributed by atoms with Gasteiger partial charge in [0.05, 0.1) is 18.1 Å². The van der Waals surface area contributed by atoms with Crippen LogP contribution in [0.25, 0.3) is 0 Å². The minimum Gasteiger partial charge on any atom is -0.478 e. The van der Waals surface area contributed by atoms with E-state index in [0.717, 1.165) is 16.0 Å². The lowest BCUT2D eigenvalue weighted by Gasteiger charge is -2.23. The maximum absolute atomic E-state index is 12.3. The van der Waals surface area contributed by atoms with E-state index in [1.807, 2.05) is 6.92 Å². The predicted molar refractivity (Wildman–Crippen MR) is 94.9 cm³/mol. The molecule has 1 aromatic rings. The zero-order valence-corrected chi connectivity index (χ0v) is 14.5. The Morgan fingerprint density at radius 3 is 2.71 bits per heavy atom. The Labute approximate surface area is 147 Å². The Balaban J connectivity index is 1.66. The maximum atomic E-state index is 12.3. The fourth-order valence-corrected chi connectivity index (χ4v) is 4.81. The van der Waals surface area contributed by atoms with E-state index in [-0.39, 0.29) is 29.4 Å². The zero-order valence-electron chi connectivity index (χ0n) is 12.9. The monoisotopic (exact) mass is 364 g/mol. The number of amidine groups is 1. The average molecular weight is 364 g/mol. The van der Waals surface area contributed by atoms with Gasteiger partial charge in [0.1, 0.15) is 5.37 Å². The summed E-state index contributed by atoms with van der Waals surface area (Å²) in [4.78, 5) is 28.5. The zero-order chi connectivity index (χ0) is 17.3. The first-order valence-corrected chi connectivity index (χ1v) is 9.17. The van der Waals surface area contributed by atoms with Gasteiger partial charge in [-0.1, -0.05) is 35.7 Å². The standard InChI is InChI=1S/C16H16N2O4S2/c1-8-11(6-19)24-14-12(8)13(20)17-16(18-14)23-7-9-2-4-10(5-3-9)15(21)22/h2-5,12,14,19H,6-7H2,1H3,(H,21,22)(H,17,18,20). The van der Waals surface area contributed by atoms with Crippen LogP contribution in [0.3, 0.4) is 0 Å². The van der Waals surface area contributed by atoms with Crippen LogP contribution in [0.2, 0.25) is 0 Å². The first-order valence-electron chi connectivity index (χ1n) is 7.30. The Hall–Kier alpha value is -1.77. The number of carboxylic acid groups (broad SMARTS) is 1. The van der Waals surface area contributed by atoms with E-state index in [4.69, 9.17) is 5.11 Å². The molecule has 0 aliphatic carbocycles. The molecule has 2 heterocycles. The highest BCUT2D eigenvalue weighted by molar-refractivity contribution is 8.13. The highest BCUT2D eigenvalue weighted by Gasteiger charge is 2.41. The van der Waals surface area contributed by atoms with E-state index in [2.05, 4.69) is 10.3 Å². The quantitative estimate of drug-likeness (QED) is 0.756. The van der Waals surface area contributed by atoms with Gasteiger partial charge in [0.15, 0.2) is 5.17 Å². The number of fused-ring (bicyclic) bond motifs is 1. The summed E-state index contributed by atoms with van der Waals surface area (Å²) in [6.07, 6.45) is 0. The van der Waals surface area contributed by atoms with Crippen LogP contribution in [0.4, 0.5) is 0 Å². The minimum absolute atomic E-state index is 0.0648. The molecule has 0 saturated heterocycles. The summed E-state index contributed by atoms with van der Waals surface area (Å²) in [5.41, 5.74) is 2.09. The van der Waals surface area contributed by atoms with Gasteiger partial charge in [-0.3, -0.25) is 4.79 Å². The average Bonchev–Trinajstić information content (AvgIpc) is 2.89. The summed E-state index contributed by atoms with van der Waals surface area (Å²) >= 11 is 2.84. The molecule has 2 aliphatic rings. The van der Waals surface area contributed by atoms with Crippen molar-refractivity contribution in [3.8, 4) is 0 Å². The van der Waals surface area contributed by atoms with Crippen molar-refractivity contribution in [1.82, 2.24) is 5.32 Å². The molecule has 2 aliphatic heterocycles. The van der Waals surface area contributed by atoms with Crippen LogP contribution in [-0.2, 0) is 10.5 Å². The number of nitrogens with one attached hydrogen (secondary N) is 1. The Bertz CT molecular complexity index is 743. The molecule has 0 saturated carbocycles. The number of rotatable bonds is 4. The van der Waals surface area contributed by atoms with Gasteiger partial charge in [-0.15, -0.1) is 0 Å². The molecule has 2 unspecified atom stereocenters.